The lowest BCUT2D eigenvalue weighted by Crippen LogP contribution is -2.25. The van der Waals surface area contributed by atoms with Crippen molar-refractivity contribution in [1.29, 1.82) is 0 Å². The van der Waals surface area contributed by atoms with Gasteiger partial charge in [0.2, 0.25) is 0 Å². The predicted octanol–water partition coefficient (Wildman–Crippen LogP) is 1.31. The van der Waals surface area contributed by atoms with E-state index in [-0.39, 0.29) is 5.75 Å². The van der Waals surface area contributed by atoms with Gasteiger partial charge < -0.3 is 10.2 Å². The Hall–Kier alpha value is -0.620. The van der Waals surface area contributed by atoms with Crippen LogP contribution < -0.4 is 5.32 Å². The molecular formula is C12H26N2O3S. The van der Waals surface area contributed by atoms with E-state index in [0.29, 0.717) is 31.5 Å². The lowest BCUT2D eigenvalue weighted by molar-refractivity contribution is 0.143. The zero-order chi connectivity index (χ0) is 14.2. The van der Waals surface area contributed by atoms with Crippen molar-refractivity contribution >= 4 is 15.5 Å². The van der Waals surface area contributed by atoms with Gasteiger partial charge in [0.1, 0.15) is 16.4 Å². The molecule has 0 aromatic carbocycles. The lowest BCUT2D eigenvalue weighted by Gasteiger charge is -2.13. The Morgan fingerprint density at radius 2 is 1.72 bits per heavy atom. The van der Waals surface area contributed by atoms with Crippen LogP contribution in [0.2, 0.25) is 0 Å². The van der Waals surface area contributed by atoms with Crippen molar-refractivity contribution in [2.24, 2.45) is 17.0 Å². The Morgan fingerprint density at radius 3 is 2.17 bits per heavy atom. The molecule has 0 aliphatic carbocycles. The predicted molar refractivity (Wildman–Crippen MR) is 75.6 cm³/mol. The third kappa shape index (κ3) is 9.41. The third-order valence-corrected chi connectivity index (χ3v) is 3.32. The maximum Gasteiger partial charge on any atom is 0.148 e. The van der Waals surface area contributed by atoms with E-state index in [4.69, 9.17) is 4.84 Å². The second-order valence-electron chi connectivity index (χ2n) is 5.04. The summed E-state index contributed by atoms with van der Waals surface area (Å²) in [6.45, 7) is 9.86. The van der Waals surface area contributed by atoms with Crippen molar-refractivity contribution in [3.8, 4) is 0 Å². The molecule has 0 aromatic heterocycles. The van der Waals surface area contributed by atoms with Gasteiger partial charge in [-0.15, -0.1) is 0 Å². The van der Waals surface area contributed by atoms with Gasteiger partial charge in [-0.05, 0) is 11.8 Å². The molecule has 0 aromatic rings. The standard InChI is InChI=1S/C12H26N2O3S/c1-10(2)12(11(3)4)14-17-8-6-13-7-9-18(5,15)16/h10-11,13H,6-9H2,1-5H3. The van der Waals surface area contributed by atoms with Gasteiger partial charge in [-0.25, -0.2) is 8.42 Å². The highest BCUT2D eigenvalue weighted by Gasteiger charge is 2.10. The molecule has 0 atom stereocenters. The number of oxime groups is 1. The molecule has 0 saturated heterocycles. The van der Waals surface area contributed by atoms with Gasteiger partial charge in [0.15, 0.2) is 0 Å². The summed E-state index contributed by atoms with van der Waals surface area (Å²) in [5.41, 5.74) is 1.05. The molecule has 18 heavy (non-hydrogen) atoms. The largest absolute Gasteiger partial charge is 0.394 e. The molecule has 0 aliphatic rings. The summed E-state index contributed by atoms with van der Waals surface area (Å²) in [5, 5.41) is 7.13. The van der Waals surface area contributed by atoms with Crippen LogP contribution in [0.4, 0.5) is 0 Å². The quantitative estimate of drug-likeness (QED) is 0.392. The van der Waals surface area contributed by atoms with Crippen LogP contribution in [0.3, 0.4) is 0 Å². The minimum Gasteiger partial charge on any atom is -0.394 e. The van der Waals surface area contributed by atoms with Crippen LogP contribution in [-0.2, 0) is 14.7 Å². The Labute approximate surface area is 111 Å². The first kappa shape index (κ1) is 17.4. The molecular weight excluding hydrogens is 252 g/mol. The van der Waals surface area contributed by atoms with Crippen molar-refractivity contribution < 1.29 is 13.3 Å². The van der Waals surface area contributed by atoms with Gasteiger partial charge in [-0.2, -0.15) is 0 Å². The maximum absolute atomic E-state index is 10.9. The highest BCUT2D eigenvalue weighted by molar-refractivity contribution is 7.90. The smallest absolute Gasteiger partial charge is 0.148 e. The van der Waals surface area contributed by atoms with Gasteiger partial charge in [-0.3, -0.25) is 0 Å². The number of nitrogens with one attached hydrogen (secondary N) is 1. The van der Waals surface area contributed by atoms with E-state index in [0.717, 1.165) is 5.71 Å². The van der Waals surface area contributed by atoms with E-state index in [2.05, 4.69) is 38.2 Å². The number of hydrogen-bond donors (Lipinski definition) is 1. The van der Waals surface area contributed by atoms with Gasteiger partial charge in [0, 0.05) is 19.3 Å². The lowest BCUT2D eigenvalue weighted by atomic mass is 9.98. The summed E-state index contributed by atoms with van der Waals surface area (Å²) in [4.78, 5) is 5.23. The number of hydrogen-bond acceptors (Lipinski definition) is 5. The van der Waals surface area contributed by atoms with Crippen LogP contribution >= 0.6 is 0 Å². The summed E-state index contributed by atoms with van der Waals surface area (Å²) in [5.74, 6) is 0.908. The van der Waals surface area contributed by atoms with E-state index < -0.39 is 9.84 Å². The fourth-order valence-electron chi connectivity index (χ4n) is 1.50. The average Bonchev–Trinajstić information content (AvgIpc) is 2.19. The topological polar surface area (TPSA) is 67.8 Å². The molecule has 0 aliphatic heterocycles. The second kappa shape index (κ2) is 8.48. The van der Waals surface area contributed by atoms with Crippen molar-refractivity contribution in [2.45, 2.75) is 27.7 Å². The van der Waals surface area contributed by atoms with E-state index in [1.807, 2.05) is 0 Å². The first-order valence-electron chi connectivity index (χ1n) is 6.32. The zero-order valence-electron chi connectivity index (χ0n) is 12.1. The molecule has 0 bridgehead atoms. The normalized spacial score (nSPS) is 11.9. The molecule has 0 heterocycles. The minimum atomic E-state index is -2.88. The van der Waals surface area contributed by atoms with Crippen LogP contribution in [0, 0.1) is 11.8 Å². The molecule has 5 nitrogen and oxygen atoms in total. The molecule has 0 spiro atoms. The maximum atomic E-state index is 10.9. The highest BCUT2D eigenvalue weighted by Crippen LogP contribution is 2.07. The molecule has 6 heteroatoms. The van der Waals surface area contributed by atoms with Crippen molar-refractivity contribution in [2.75, 3.05) is 31.7 Å². The van der Waals surface area contributed by atoms with E-state index in [9.17, 15) is 8.42 Å². The van der Waals surface area contributed by atoms with Crippen molar-refractivity contribution in [3.63, 3.8) is 0 Å². The molecule has 0 radical (unpaired) electrons. The molecule has 0 saturated carbocycles. The van der Waals surface area contributed by atoms with E-state index in [1.165, 1.54) is 6.26 Å². The fraction of sp³-hybridized carbons (Fsp3) is 0.917. The van der Waals surface area contributed by atoms with Crippen molar-refractivity contribution in [1.82, 2.24) is 5.32 Å². The monoisotopic (exact) mass is 278 g/mol. The summed E-state index contributed by atoms with van der Waals surface area (Å²) in [6, 6.07) is 0. The van der Waals surface area contributed by atoms with Gasteiger partial charge in [0.05, 0.1) is 11.5 Å². The molecule has 1 N–H and O–H groups in total. The summed E-state index contributed by atoms with van der Waals surface area (Å²) < 4.78 is 21.7. The SMILES string of the molecule is CC(C)C(=NOCCNCCS(C)(=O)=O)C(C)C. The summed E-state index contributed by atoms with van der Waals surface area (Å²) in [6.07, 6.45) is 1.23. The van der Waals surface area contributed by atoms with Crippen LogP contribution in [0.1, 0.15) is 27.7 Å². The average molecular weight is 278 g/mol. The molecule has 108 valence electrons. The van der Waals surface area contributed by atoms with Crippen LogP contribution in [0.25, 0.3) is 0 Å². The molecule has 0 rings (SSSR count). The van der Waals surface area contributed by atoms with Crippen LogP contribution in [0.15, 0.2) is 5.16 Å². The van der Waals surface area contributed by atoms with E-state index >= 15 is 0 Å². The first-order valence-corrected chi connectivity index (χ1v) is 8.38. The Bertz CT molecular complexity index is 338. The Balaban J connectivity index is 3.75. The van der Waals surface area contributed by atoms with Crippen LogP contribution in [-0.4, -0.2) is 45.8 Å². The Morgan fingerprint density at radius 1 is 1.17 bits per heavy atom. The number of sulfone groups is 1. The summed E-state index contributed by atoms with van der Waals surface area (Å²) in [7, 11) is -2.88. The third-order valence-electron chi connectivity index (χ3n) is 2.37. The van der Waals surface area contributed by atoms with Gasteiger partial charge in [-0.1, -0.05) is 32.9 Å². The molecule has 0 unspecified atom stereocenters. The first-order chi connectivity index (χ1) is 8.24. The van der Waals surface area contributed by atoms with Gasteiger partial charge >= 0.3 is 0 Å². The number of nitrogens with zero attached hydrogens (tertiary/aromatic N) is 1. The highest BCUT2D eigenvalue weighted by atomic mass is 32.2. The minimum absolute atomic E-state index is 0.152. The Kier molecular flexibility index (Phi) is 8.18. The molecule has 0 amide bonds. The van der Waals surface area contributed by atoms with Crippen LogP contribution in [0.5, 0.6) is 0 Å². The van der Waals surface area contributed by atoms with Crippen molar-refractivity contribution in [3.05, 3.63) is 0 Å². The van der Waals surface area contributed by atoms with E-state index in [1.54, 1.807) is 0 Å². The fourth-order valence-corrected chi connectivity index (χ4v) is 2.01. The zero-order valence-corrected chi connectivity index (χ0v) is 12.9. The molecule has 0 fully saturated rings. The van der Waals surface area contributed by atoms with Gasteiger partial charge in [0.25, 0.3) is 0 Å². The number of rotatable bonds is 9. The second-order valence-corrected chi connectivity index (χ2v) is 7.30. The summed E-state index contributed by atoms with van der Waals surface area (Å²) >= 11 is 0.